The molecule has 1 aromatic carbocycles. The second-order valence-corrected chi connectivity index (χ2v) is 8.70. The first kappa shape index (κ1) is 19.8. The van der Waals surface area contributed by atoms with Gasteiger partial charge in [-0.05, 0) is 31.0 Å². The second-order valence-electron chi connectivity index (χ2n) is 7.36. The van der Waals surface area contributed by atoms with E-state index in [1.54, 1.807) is 19.4 Å². The van der Waals surface area contributed by atoms with Gasteiger partial charge in [-0.15, -0.1) is 0 Å². The average Bonchev–Trinajstić information content (AvgIpc) is 3.12. The van der Waals surface area contributed by atoms with Gasteiger partial charge in [-0.3, -0.25) is 13.4 Å². The van der Waals surface area contributed by atoms with E-state index in [9.17, 15) is 14.1 Å². The number of primary amides is 1. The van der Waals surface area contributed by atoms with Crippen LogP contribution in [0.25, 0.3) is 16.7 Å². The minimum atomic E-state index is -1.35. The molecule has 1 atom stereocenters. The van der Waals surface area contributed by atoms with Crippen molar-refractivity contribution in [1.82, 2.24) is 9.38 Å². The number of anilines is 1. The van der Waals surface area contributed by atoms with Crippen LogP contribution < -0.4 is 10.6 Å². The summed E-state index contributed by atoms with van der Waals surface area (Å²) >= 11 is 0. The Bertz CT molecular complexity index is 1110. The van der Waals surface area contributed by atoms with Crippen molar-refractivity contribution in [2.75, 3.05) is 38.0 Å². The Labute approximate surface area is 170 Å². The summed E-state index contributed by atoms with van der Waals surface area (Å²) < 4.78 is 20.1. The van der Waals surface area contributed by atoms with Crippen LogP contribution in [0.2, 0.25) is 0 Å². The fraction of sp³-hybridized carbons (Fsp3) is 0.400. The summed E-state index contributed by atoms with van der Waals surface area (Å²) in [6, 6.07) is 9.17. The molecule has 1 unspecified atom stereocenters. The third-order valence-electron chi connectivity index (χ3n) is 5.78. The second kappa shape index (κ2) is 7.40. The number of nitrogens with zero attached hydrogens (tertiary/aromatic N) is 3. The van der Waals surface area contributed by atoms with Gasteiger partial charge >= 0.3 is 0 Å². The lowest BCUT2D eigenvalue weighted by molar-refractivity contribution is -0.0674. The Balaban J connectivity index is 1.98. The Morgan fingerprint density at radius 3 is 2.62 bits per heavy atom. The number of amides is 1. The summed E-state index contributed by atoms with van der Waals surface area (Å²) in [5.74, 6) is 0.128. The number of hydrogen-bond acceptors (Lipinski definition) is 6. The number of para-hydroxylation sites is 2. The SMILES string of the molecule is COC1(CO)CCN(c2c(S(C)=O)cc(C(N)=O)c3nc4ccccc4n23)CC1. The predicted molar refractivity (Wildman–Crippen MR) is 112 cm³/mol. The molecular weight excluding hydrogens is 392 g/mol. The molecule has 1 amide bonds. The molecule has 154 valence electrons. The summed E-state index contributed by atoms with van der Waals surface area (Å²) in [4.78, 5) is 19.4. The molecule has 3 aromatic rings. The maximum atomic E-state index is 12.7. The van der Waals surface area contributed by atoms with Gasteiger partial charge < -0.3 is 20.5 Å². The molecule has 4 rings (SSSR count). The third-order valence-corrected chi connectivity index (χ3v) is 6.70. The van der Waals surface area contributed by atoms with Crippen molar-refractivity contribution < 1.29 is 18.8 Å². The Kier molecular flexibility index (Phi) is 5.05. The van der Waals surface area contributed by atoms with E-state index < -0.39 is 22.3 Å². The maximum absolute atomic E-state index is 12.7. The summed E-state index contributed by atoms with van der Waals surface area (Å²) in [6.45, 7) is 1.17. The van der Waals surface area contributed by atoms with Gasteiger partial charge in [0.15, 0.2) is 5.65 Å². The molecule has 0 spiro atoms. The molecule has 3 N–H and O–H groups in total. The quantitative estimate of drug-likeness (QED) is 0.649. The highest BCUT2D eigenvalue weighted by Gasteiger charge is 2.36. The van der Waals surface area contributed by atoms with Gasteiger partial charge in [0.05, 0.1) is 44.5 Å². The van der Waals surface area contributed by atoms with Crippen LogP contribution in [0.4, 0.5) is 5.82 Å². The van der Waals surface area contributed by atoms with Crippen molar-refractivity contribution in [3.05, 3.63) is 35.9 Å². The van der Waals surface area contributed by atoms with E-state index in [1.807, 2.05) is 28.7 Å². The van der Waals surface area contributed by atoms with Gasteiger partial charge in [0.25, 0.3) is 5.91 Å². The number of imidazole rings is 1. The largest absolute Gasteiger partial charge is 0.393 e. The number of nitrogens with two attached hydrogens (primary N) is 1. The average molecular weight is 417 g/mol. The molecule has 0 radical (unpaired) electrons. The molecule has 2 aromatic heterocycles. The Hall–Kier alpha value is -2.49. The number of benzene rings is 1. The van der Waals surface area contributed by atoms with E-state index >= 15 is 0 Å². The van der Waals surface area contributed by atoms with E-state index in [0.29, 0.717) is 36.5 Å². The molecule has 1 saturated heterocycles. The van der Waals surface area contributed by atoms with Crippen LogP contribution in [0.1, 0.15) is 23.2 Å². The summed E-state index contributed by atoms with van der Waals surface area (Å²) in [5.41, 5.74) is 7.30. The van der Waals surface area contributed by atoms with Crippen molar-refractivity contribution in [2.24, 2.45) is 5.73 Å². The molecular formula is C20H24N4O4S. The van der Waals surface area contributed by atoms with Gasteiger partial charge in [-0.1, -0.05) is 12.1 Å². The molecule has 3 heterocycles. The molecule has 29 heavy (non-hydrogen) atoms. The van der Waals surface area contributed by atoms with Crippen molar-refractivity contribution in [1.29, 1.82) is 0 Å². The van der Waals surface area contributed by atoms with Gasteiger partial charge in [0.2, 0.25) is 0 Å². The third kappa shape index (κ3) is 3.19. The van der Waals surface area contributed by atoms with Gasteiger partial charge in [0.1, 0.15) is 5.82 Å². The van der Waals surface area contributed by atoms with E-state index in [2.05, 4.69) is 9.88 Å². The highest BCUT2D eigenvalue weighted by molar-refractivity contribution is 7.84. The minimum Gasteiger partial charge on any atom is -0.393 e. The lowest BCUT2D eigenvalue weighted by Gasteiger charge is -2.41. The van der Waals surface area contributed by atoms with Crippen molar-refractivity contribution in [3.63, 3.8) is 0 Å². The number of hydrogen-bond donors (Lipinski definition) is 2. The number of piperidine rings is 1. The molecule has 1 aliphatic rings. The molecule has 1 fully saturated rings. The Morgan fingerprint density at radius 2 is 2.03 bits per heavy atom. The zero-order valence-corrected chi connectivity index (χ0v) is 17.2. The van der Waals surface area contributed by atoms with Crippen LogP contribution in [-0.4, -0.2) is 63.3 Å². The standard InChI is InChI=1S/C20H24N4O4S/c1-28-20(12-25)7-9-23(10-8-20)19-16(29(2)27)11-13(17(21)26)18-22-14-5-3-4-6-15(14)24(18)19/h3-6,11,25H,7-10,12H2,1-2H3,(H2,21,26). The van der Waals surface area contributed by atoms with E-state index in [-0.39, 0.29) is 12.2 Å². The van der Waals surface area contributed by atoms with Crippen molar-refractivity contribution in [3.8, 4) is 0 Å². The number of fused-ring (bicyclic) bond motifs is 3. The first-order valence-electron chi connectivity index (χ1n) is 9.39. The van der Waals surface area contributed by atoms with Crippen LogP contribution in [-0.2, 0) is 15.5 Å². The first-order valence-corrected chi connectivity index (χ1v) is 10.9. The number of rotatable bonds is 5. The lowest BCUT2D eigenvalue weighted by Crippen LogP contribution is -2.48. The summed E-state index contributed by atoms with van der Waals surface area (Å²) in [5, 5.41) is 9.76. The number of aliphatic hydroxyl groups excluding tert-OH is 1. The first-order chi connectivity index (χ1) is 13.9. The van der Waals surface area contributed by atoms with Crippen molar-refractivity contribution >= 4 is 39.2 Å². The normalized spacial score (nSPS) is 17.7. The maximum Gasteiger partial charge on any atom is 0.252 e. The molecule has 0 bridgehead atoms. The topological polar surface area (TPSA) is 110 Å². The molecule has 0 saturated carbocycles. The Morgan fingerprint density at radius 1 is 1.34 bits per heavy atom. The summed E-state index contributed by atoms with van der Waals surface area (Å²) in [7, 11) is 0.259. The number of carbonyl (C=O) groups is 1. The van der Waals surface area contributed by atoms with Gasteiger partial charge in [-0.25, -0.2) is 4.98 Å². The van der Waals surface area contributed by atoms with Crippen LogP contribution in [0.3, 0.4) is 0 Å². The lowest BCUT2D eigenvalue weighted by atomic mass is 9.92. The predicted octanol–water partition coefficient (Wildman–Crippen LogP) is 1.30. The van der Waals surface area contributed by atoms with Crippen molar-refractivity contribution in [2.45, 2.75) is 23.3 Å². The monoisotopic (exact) mass is 416 g/mol. The molecule has 0 aliphatic carbocycles. The van der Waals surface area contributed by atoms with Crippen LogP contribution in [0, 0.1) is 0 Å². The van der Waals surface area contributed by atoms with E-state index in [0.717, 1.165) is 16.9 Å². The van der Waals surface area contributed by atoms with E-state index in [4.69, 9.17) is 10.5 Å². The fourth-order valence-electron chi connectivity index (χ4n) is 4.03. The highest BCUT2D eigenvalue weighted by Crippen LogP contribution is 2.35. The molecule has 8 nitrogen and oxygen atoms in total. The van der Waals surface area contributed by atoms with Crippen LogP contribution in [0.15, 0.2) is 35.2 Å². The number of ether oxygens (including phenoxy) is 1. The number of carbonyl (C=O) groups excluding carboxylic acids is 1. The van der Waals surface area contributed by atoms with Gasteiger partial charge in [-0.2, -0.15) is 0 Å². The van der Waals surface area contributed by atoms with Crippen LogP contribution >= 0.6 is 0 Å². The number of pyridine rings is 1. The fourth-order valence-corrected chi connectivity index (χ4v) is 4.80. The van der Waals surface area contributed by atoms with Crippen LogP contribution in [0.5, 0.6) is 0 Å². The molecule has 9 heteroatoms. The van der Waals surface area contributed by atoms with Gasteiger partial charge in [0, 0.05) is 26.5 Å². The zero-order valence-electron chi connectivity index (χ0n) is 16.4. The molecule has 1 aliphatic heterocycles. The number of aliphatic hydroxyl groups is 1. The minimum absolute atomic E-state index is 0.0477. The van der Waals surface area contributed by atoms with E-state index in [1.165, 1.54) is 0 Å². The zero-order chi connectivity index (χ0) is 20.8. The summed E-state index contributed by atoms with van der Waals surface area (Å²) in [6.07, 6.45) is 2.84. The smallest absolute Gasteiger partial charge is 0.252 e. The number of methoxy groups -OCH3 is 1. The number of aromatic nitrogens is 2. The highest BCUT2D eigenvalue weighted by atomic mass is 32.2.